The first-order valence-electron chi connectivity index (χ1n) is 10.1. The lowest BCUT2D eigenvalue weighted by atomic mass is 9.94. The summed E-state index contributed by atoms with van der Waals surface area (Å²) in [5.74, 6) is 1.27. The lowest BCUT2D eigenvalue weighted by Crippen LogP contribution is -2.46. The van der Waals surface area contributed by atoms with E-state index in [0.717, 1.165) is 63.2 Å². The van der Waals surface area contributed by atoms with Gasteiger partial charge in [0.2, 0.25) is 11.8 Å². The molecule has 1 N–H and O–H groups in total. The first-order valence-corrected chi connectivity index (χ1v) is 10.1. The van der Waals surface area contributed by atoms with E-state index in [9.17, 15) is 9.59 Å². The molecule has 2 fully saturated rings. The number of likely N-dealkylation sites (tertiary alicyclic amines) is 2. The summed E-state index contributed by atoms with van der Waals surface area (Å²) < 4.78 is 5.31. The molecule has 1 aromatic rings. The normalized spacial score (nSPS) is 18.9. The number of amides is 2. The van der Waals surface area contributed by atoms with Crippen molar-refractivity contribution in [2.45, 2.75) is 38.6 Å². The first-order chi connectivity index (χ1) is 13.2. The predicted molar refractivity (Wildman–Crippen MR) is 104 cm³/mol. The van der Waals surface area contributed by atoms with E-state index in [2.05, 4.69) is 10.2 Å². The second-order valence-electron chi connectivity index (χ2n) is 7.52. The highest BCUT2D eigenvalue weighted by atomic mass is 16.5. The Hall–Kier alpha value is -2.08. The summed E-state index contributed by atoms with van der Waals surface area (Å²) in [5.41, 5.74) is 0.971. The average molecular weight is 373 g/mol. The van der Waals surface area contributed by atoms with Gasteiger partial charge in [-0.05, 0) is 51.3 Å². The highest BCUT2D eigenvalue weighted by molar-refractivity contribution is 5.79. The van der Waals surface area contributed by atoms with Crippen molar-refractivity contribution in [1.82, 2.24) is 15.1 Å². The van der Waals surface area contributed by atoms with Crippen molar-refractivity contribution < 1.29 is 14.3 Å². The minimum absolute atomic E-state index is 0.0155. The van der Waals surface area contributed by atoms with E-state index < -0.39 is 0 Å². The van der Waals surface area contributed by atoms with Crippen LogP contribution in [0.25, 0.3) is 0 Å². The van der Waals surface area contributed by atoms with Crippen molar-refractivity contribution >= 4 is 11.8 Å². The number of para-hydroxylation sites is 1. The topological polar surface area (TPSA) is 61.9 Å². The number of hydrogen-bond donors (Lipinski definition) is 1. The van der Waals surface area contributed by atoms with Gasteiger partial charge in [-0.1, -0.05) is 18.2 Å². The second kappa shape index (κ2) is 9.74. The lowest BCUT2D eigenvalue weighted by molar-refractivity contribution is -0.138. The number of nitrogens with one attached hydrogen (secondary N) is 1. The molecule has 0 unspecified atom stereocenters. The van der Waals surface area contributed by atoms with Gasteiger partial charge in [-0.3, -0.25) is 14.5 Å². The molecular weight excluding hydrogens is 342 g/mol. The Bertz CT molecular complexity index is 635. The fourth-order valence-corrected chi connectivity index (χ4v) is 4.01. The van der Waals surface area contributed by atoms with Crippen molar-refractivity contribution in [2.24, 2.45) is 5.92 Å². The van der Waals surface area contributed by atoms with Crippen molar-refractivity contribution in [3.63, 3.8) is 0 Å². The molecule has 0 radical (unpaired) electrons. The number of piperidine rings is 2. The van der Waals surface area contributed by atoms with Gasteiger partial charge >= 0.3 is 0 Å². The Labute approximate surface area is 161 Å². The number of methoxy groups -OCH3 is 1. The number of benzene rings is 1. The number of rotatable bonds is 6. The summed E-state index contributed by atoms with van der Waals surface area (Å²) in [7, 11) is 1.63. The van der Waals surface area contributed by atoms with Crippen LogP contribution in [0.1, 0.15) is 37.7 Å². The van der Waals surface area contributed by atoms with Crippen LogP contribution in [0.2, 0.25) is 0 Å². The monoisotopic (exact) mass is 373 g/mol. The number of carbonyl (C=O) groups excluding carboxylic acids is 2. The van der Waals surface area contributed by atoms with Crippen LogP contribution < -0.4 is 10.1 Å². The van der Waals surface area contributed by atoms with Crippen molar-refractivity contribution in [1.29, 1.82) is 0 Å². The molecule has 0 spiro atoms. The molecule has 1 aromatic carbocycles. The van der Waals surface area contributed by atoms with Crippen molar-refractivity contribution in [3.05, 3.63) is 29.8 Å². The highest BCUT2D eigenvalue weighted by Gasteiger charge is 2.29. The van der Waals surface area contributed by atoms with Crippen LogP contribution in [0, 0.1) is 5.92 Å². The lowest BCUT2D eigenvalue weighted by Gasteiger charge is -2.35. The Balaban J connectivity index is 1.39. The maximum Gasteiger partial charge on any atom is 0.234 e. The molecule has 0 bridgehead atoms. The standard InChI is InChI=1S/C21H31N3O3/c1-27-19-8-4-3-7-18(19)15-22-20(25)16-23-13-9-17(10-14-23)21(26)24-11-5-2-6-12-24/h3-4,7-8,17H,2,5-6,9-16H2,1H3,(H,22,25). The maximum atomic E-state index is 12.6. The molecule has 2 saturated heterocycles. The highest BCUT2D eigenvalue weighted by Crippen LogP contribution is 2.22. The van der Waals surface area contributed by atoms with Gasteiger partial charge in [0.05, 0.1) is 13.7 Å². The average Bonchev–Trinajstić information content (AvgIpc) is 2.73. The number of hydrogen-bond acceptors (Lipinski definition) is 4. The maximum absolute atomic E-state index is 12.6. The summed E-state index contributed by atoms with van der Waals surface area (Å²) in [6.45, 7) is 4.32. The van der Waals surface area contributed by atoms with Gasteiger partial charge in [-0.15, -0.1) is 0 Å². The van der Waals surface area contributed by atoms with Crippen LogP contribution in [0.3, 0.4) is 0 Å². The fraction of sp³-hybridized carbons (Fsp3) is 0.619. The van der Waals surface area contributed by atoms with Gasteiger partial charge in [0.15, 0.2) is 0 Å². The molecule has 0 atom stereocenters. The molecular formula is C21H31N3O3. The quantitative estimate of drug-likeness (QED) is 0.829. The molecule has 2 amide bonds. The van der Waals surface area contributed by atoms with E-state index in [-0.39, 0.29) is 11.8 Å². The molecule has 3 rings (SSSR count). The zero-order chi connectivity index (χ0) is 19.1. The summed E-state index contributed by atoms with van der Waals surface area (Å²) in [6, 6.07) is 7.70. The molecule has 0 aromatic heterocycles. The molecule has 2 aliphatic rings. The fourth-order valence-electron chi connectivity index (χ4n) is 4.01. The van der Waals surface area contributed by atoms with E-state index >= 15 is 0 Å². The van der Waals surface area contributed by atoms with Crippen molar-refractivity contribution in [2.75, 3.05) is 39.8 Å². The zero-order valence-corrected chi connectivity index (χ0v) is 16.3. The zero-order valence-electron chi connectivity index (χ0n) is 16.3. The van der Waals surface area contributed by atoms with Crippen LogP contribution in [-0.4, -0.2) is 61.4 Å². The molecule has 0 saturated carbocycles. The number of carbonyl (C=O) groups is 2. The summed E-state index contributed by atoms with van der Waals surface area (Å²) in [4.78, 5) is 29.1. The van der Waals surface area contributed by atoms with Gasteiger partial charge in [0, 0.05) is 31.1 Å². The van der Waals surface area contributed by atoms with E-state index in [4.69, 9.17) is 4.74 Å². The third-order valence-corrected chi connectivity index (χ3v) is 5.64. The minimum Gasteiger partial charge on any atom is -0.496 e. The third-order valence-electron chi connectivity index (χ3n) is 5.64. The molecule has 2 heterocycles. The van der Waals surface area contributed by atoms with Crippen LogP contribution in [0.4, 0.5) is 0 Å². The summed E-state index contributed by atoms with van der Waals surface area (Å²) in [6.07, 6.45) is 5.23. The second-order valence-corrected chi connectivity index (χ2v) is 7.52. The molecule has 148 valence electrons. The van der Waals surface area contributed by atoms with Gasteiger partial charge < -0.3 is 15.0 Å². The first kappa shape index (κ1) is 19.7. The number of ether oxygens (including phenoxy) is 1. The van der Waals surface area contributed by atoms with E-state index in [1.807, 2.05) is 29.2 Å². The van der Waals surface area contributed by atoms with E-state index in [0.29, 0.717) is 19.0 Å². The van der Waals surface area contributed by atoms with Gasteiger partial charge in [0.25, 0.3) is 0 Å². The molecule has 0 aliphatic carbocycles. The van der Waals surface area contributed by atoms with Gasteiger partial charge in [-0.25, -0.2) is 0 Å². The van der Waals surface area contributed by atoms with Crippen LogP contribution in [0.5, 0.6) is 5.75 Å². The Morgan fingerprint density at radius 3 is 2.48 bits per heavy atom. The molecule has 6 nitrogen and oxygen atoms in total. The van der Waals surface area contributed by atoms with Crippen LogP contribution in [-0.2, 0) is 16.1 Å². The van der Waals surface area contributed by atoms with E-state index in [1.54, 1.807) is 7.11 Å². The summed E-state index contributed by atoms with van der Waals surface area (Å²) >= 11 is 0. The molecule has 6 heteroatoms. The van der Waals surface area contributed by atoms with Crippen LogP contribution in [0.15, 0.2) is 24.3 Å². The van der Waals surface area contributed by atoms with Gasteiger partial charge in [-0.2, -0.15) is 0 Å². The predicted octanol–water partition coefficient (Wildman–Crippen LogP) is 2.04. The third kappa shape index (κ3) is 5.45. The smallest absolute Gasteiger partial charge is 0.234 e. The Morgan fingerprint density at radius 2 is 1.78 bits per heavy atom. The Kier molecular flexibility index (Phi) is 7.10. The number of nitrogens with zero attached hydrogens (tertiary/aromatic N) is 2. The van der Waals surface area contributed by atoms with E-state index in [1.165, 1.54) is 6.42 Å². The van der Waals surface area contributed by atoms with Gasteiger partial charge in [0.1, 0.15) is 5.75 Å². The summed E-state index contributed by atoms with van der Waals surface area (Å²) in [5, 5.41) is 2.97. The minimum atomic E-state index is 0.0155. The van der Waals surface area contributed by atoms with Crippen LogP contribution >= 0.6 is 0 Å². The SMILES string of the molecule is COc1ccccc1CNC(=O)CN1CCC(C(=O)N2CCCCC2)CC1. The molecule has 27 heavy (non-hydrogen) atoms. The van der Waals surface area contributed by atoms with Crippen molar-refractivity contribution in [3.8, 4) is 5.75 Å². The Morgan fingerprint density at radius 1 is 1.07 bits per heavy atom. The largest absolute Gasteiger partial charge is 0.496 e. The molecule has 2 aliphatic heterocycles.